The number of ether oxygens (including phenoxy) is 6. The molecule has 12 heterocycles. The van der Waals surface area contributed by atoms with Crippen LogP contribution in [0.15, 0.2) is 67.9 Å². The van der Waals surface area contributed by atoms with Crippen molar-refractivity contribution >= 4 is 133 Å². The number of imidazole rings is 4. The Balaban J connectivity index is 0.000000181. The van der Waals surface area contributed by atoms with E-state index in [9.17, 15) is 58.5 Å². The number of nitrogens with one attached hydrogen (secondary N) is 2. The van der Waals surface area contributed by atoms with Crippen molar-refractivity contribution in [2.75, 3.05) is 135 Å². The van der Waals surface area contributed by atoms with E-state index in [1.54, 1.807) is 85.9 Å². The van der Waals surface area contributed by atoms with Crippen molar-refractivity contribution in [1.29, 1.82) is 0 Å². The van der Waals surface area contributed by atoms with Crippen molar-refractivity contribution in [3.8, 4) is 0 Å². The zero-order chi connectivity index (χ0) is 94.5. The maximum atomic E-state index is 12.6. The molecule has 129 heavy (non-hydrogen) atoms. The van der Waals surface area contributed by atoms with Crippen molar-refractivity contribution in [3.63, 3.8) is 0 Å². The maximum Gasteiger partial charge on any atom is 0.327 e. The molecule has 9 aromatic rings. The highest BCUT2D eigenvalue weighted by molar-refractivity contribution is 7.53. The first-order chi connectivity index (χ1) is 61.0. The number of amides is 2. The van der Waals surface area contributed by atoms with Gasteiger partial charge in [0.2, 0.25) is 22.4 Å². The number of carbonyl (C=O) groups is 2. The fraction of sp³-hybridized carbons (Fsp3) is 0.628. The first kappa shape index (κ1) is 104. The number of anilines is 4. The zero-order valence-electron chi connectivity index (χ0n) is 74.6. The van der Waals surface area contributed by atoms with E-state index in [2.05, 4.69) is 65.5 Å². The summed E-state index contributed by atoms with van der Waals surface area (Å²) in [7, 11) is -11.6. The number of hydrogen-bond donors (Lipinski definition) is 10. The quantitative estimate of drug-likeness (QED) is 0.0127. The summed E-state index contributed by atoms with van der Waals surface area (Å²) in [6, 6.07) is 11.3. The first-order valence-electron chi connectivity index (χ1n) is 41.6. The SMILES string of the molecule is CCCC(=O)Nc1nc(Cl)nc2c1ncn2[C@@H]1O[C@H](COP(C)(=O)OCC)C(O)[C@]1(C)COC.CCCC(=O)Nc1nc(Cl)nc2c1ncn2[C@@H]1O[C@H](COP(C)(=O)OCC)C(O)[C@]1(C)COCc1ccccc1.CCOP(C)(=O)OC[C@H]1O[C@@H](n2cnc3c(N)ccnc32)[C@@](C)(CO)C1O.CCOP(C)(=O)OC[C@H]1O[C@@H](n2cnc3c(N)nc(C)nc32)[C@@](C)(CO)C1O. The largest absolute Gasteiger partial charge is 0.397 e. The molecule has 1 aromatic carbocycles. The number of benzene rings is 1. The number of carbonyl (C=O) groups excluding carboxylic acids is 2. The Morgan fingerprint density at radius 1 is 0.473 bits per heavy atom. The number of methoxy groups -OCH3 is 1. The number of aliphatic hydroxyl groups excluding tert-OH is 6. The lowest BCUT2D eigenvalue weighted by Gasteiger charge is -2.33. The van der Waals surface area contributed by atoms with Gasteiger partial charge in [-0.1, -0.05) is 71.9 Å². The van der Waals surface area contributed by atoms with Gasteiger partial charge in [-0.3, -0.25) is 46.1 Å². The van der Waals surface area contributed by atoms with Crippen molar-refractivity contribution < 1.29 is 123 Å². The maximum absolute atomic E-state index is 12.6. The minimum absolute atomic E-state index is 0.0865. The number of nitrogens with two attached hydrogens (primary N) is 2. The molecule has 0 radical (unpaired) electrons. The van der Waals surface area contributed by atoms with Crippen molar-refractivity contribution in [2.45, 2.75) is 182 Å². The highest BCUT2D eigenvalue weighted by Gasteiger charge is 2.59. The molecule has 0 aliphatic carbocycles. The lowest BCUT2D eigenvalue weighted by Crippen LogP contribution is -2.42. The molecule has 13 rings (SSSR count). The highest BCUT2D eigenvalue weighted by Crippen LogP contribution is 2.55. The van der Waals surface area contributed by atoms with Gasteiger partial charge in [0.1, 0.15) is 66.2 Å². The fourth-order valence-electron chi connectivity index (χ4n) is 15.3. The Bertz CT molecular complexity index is 5500. The molecular weight excluding hydrogens is 1810 g/mol. The van der Waals surface area contributed by atoms with Gasteiger partial charge in [-0.25, -0.2) is 34.9 Å². The number of aromatic nitrogens is 15. The van der Waals surface area contributed by atoms with Crippen LogP contribution in [0.3, 0.4) is 0 Å². The van der Waals surface area contributed by atoms with E-state index in [1.807, 2.05) is 51.1 Å². The van der Waals surface area contributed by atoms with Crippen LogP contribution < -0.4 is 22.1 Å². The molecule has 2 amide bonds. The molecule has 4 saturated heterocycles. The number of fused-ring (bicyclic) bond motifs is 4. The molecule has 45 nitrogen and oxygen atoms in total. The zero-order valence-corrected chi connectivity index (χ0v) is 79.6. The molecule has 0 bridgehead atoms. The minimum atomic E-state index is -3.35. The first-order valence-corrected chi connectivity index (χ1v) is 50.3. The summed E-state index contributed by atoms with van der Waals surface area (Å²) in [4.78, 5) is 71.4. The summed E-state index contributed by atoms with van der Waals surface area (Å²) in [6.45, 7) is 24.8. The van der Waals surface area contributed by atoms with Crippen LogP contribution in [0.25, 0.3) is 44.7 Å². The molecule has 4 fully saturated rings. The Kier molecular flexibility index (Phi) is 35.6. The van der Waals surface area contributed by atoms with E-state index in [-0.39, 0.29) is 119 Å². The summed E-state index contributed by atoms with van der Waals surface area (Å²) in [5.74, 6) is 0.600. The summed E-state index contributed by atoms with van der Waals surface area (Å²) >= 11 is 12.4. The Morgan fingerprint density at radius 2 is 0.822 bits per heavy atom. The molecule has 20 atom stereocenters. The predicted octanol–water partition coefficient (Wildman–Crippen LogP) is 9.58. The highest BCUT2D eigenvalue weighted by atomic mass is 35.5. The topological polar surface area (TPSA) is 591 Å². The van der Waals surface area contributed by atoms with Crippen molar-refractivity contribution in [3.05, 3.63) is 89.9 Å². The van der Waals surface area contributed by atoms with E-state index in [0.717, 1.165) is 5.56 Å². The average Bonchev–Trinajstić information content (AvgIpc) is 1.60. The molecule has 0 spiro atoms. The average molecular weight is 1930 g/mol. The van der Waals surface area contributed by atoms with Gasteiger partial charge in [0, 0.05) is 52.8 Å². The van der Waals surface area contributed by atoms with Crippen LogP contribution in [0.5, 0.6) is 0 Å². The lowest BCUT2D eigenvalue weighted by atomic mass is 9.83. The predicted molar refractivity (Wildman–Crippen MR) is 473 cm³/mol. The van der Waals surface area contributed by atoms with E-state index >= 15 is 0 Å². The molecule has 51 heteroatoms. The van der Waals surface area contributed by atoms with Gasteiger partial charge >= 0.3 is 30.4 Å². The molecule has 12 N–H and O–H groups in total. The summed E-state index contributed by atoms with van der Waals surface area (Å²) < 4.78 is 134. The number of halogens is 2. The molecule has 4 aliphatic rings. The second-order valence-corrected chi connectivity index (χ2v) is 41.1. The van der Waals surface area contributed by atoms with Gasteiger partial charge in [-0.15, -0.1) is 0 Å². The molecule has 4 aliphatic heterocycles. The van der Waals surface area contributed by atoms with E-state index in [0.29, 0.717) is 88.5 Å². The van der Waals surface area contributed by atoms with Crippen LogP contribution in [0.4, 0.5) is 23.1 Å². The molecule has 8 aromatic heterocycles. The van der Waals surface area contributed by atoms with Gasteiger partial charge in [0.05, 0.1) is 163 Å². The second kappa shape index (κ2) is 44.3. The van der Waals surface area contributed by atoms with E-state index in [4.69, 9.17) is 99.3 Å². The number of pyridine rings is 1. The molecule has 8 unspecified atom stereocenters. The Morgan fingerprint density at radius 3 is 1.19 bits per heavy atom. The number of nitrogens with zero attached hydrogens (tertiary/aromatic N) is 15. The van der Waals surface area contributed by atoms with E-state index in [1.165, 1.54) is 59.1 Å². The molecule has 714 valence electrons. The van der Waals surface area contributed by atoms with Crippen LogP contribution >= 0.6 is 53.6 Å². The minimum Gasteiger partial charge on any atom is -0.397 e. The van der Waals surface area contributed by atoms with Gasteiger partial charge < -0.3 is 117 Å². The standard InChI is InChI=1S/C26H35ClN5O7P.C20H31ClN5O7P.C16H26N5O6P.C16H25N4O6P/c1-5-10-19(33)29-22-20-23(31-25(27)30-22)32(16-28-20)24-26(3,15-36-13-17-11-8-7-9-12-17)21(34)18(39-24)14-38-40(4,35)37-6-2;1-6-8-13(27)23-16-14-17(25-19(21)24-16)26(11-22-14)18-20(3,10-30-4)15(28)12(33-18)9-32-34(5,29)31-7-2;1-5-25-28(4,24)26-6-10-12(23)16(3,7-22)15(27-10)21-8-18-11-13(17)19-9(2)20-14(11)21;1-4-24-27(3,23)25-7-11-13(22)16(2,8-21)15(26-11)20-9-19-12-10(17)5-6-18-14(12)20/h7-9,11-12,16,18,21,24,34H,5-6,10,13-15H2,1-4H3,(H,29,30,31,33);11-12,15,18,28H,6-10H2,1-5H3,(H,23,24,25,27);8,10,12,15,22-23H,5-7H2,1-4H3,(H2,17,19,20);5-6,9,11,13,15,21-22H,4,7-8H2,1-3H3,(H2,17,18)/t18-,21?,24-,26+,40?;12-,15?,18-,20+,34?;10-,12?,15-,16+,28?;11-,13?,15-,16+,27?/m1111/s1. The third-order valence-electron chi connectivity index (χ3n) is 21.9. The fourth-order valence-corrected chi connectivity index (χ4v) is 19.4. The number of aryl methyl sites for hydroxylation is 1. The van der Waals surface area contributed by atoms with Gasteiger partial charge in [-0.05, 0) is 82.3 Å². The third kappa shape index (κ3) is 24.1. The molecular formula is C78H117Cl2N19O26P4. The van der Waals surface area contributed by atoms with Gasteiger partial charge in [0.25, 0.3) is 0 Å². The third-order valence-corrected chi connectivity index (χ3v) is 27.6. The number of nitrogen functional groups attached to an aromatic ring is 2. The van der Waals surface area contributed by atoms with Crippen LogP contribution in [0, 0.1) is 28.6 Å². The Hall–Kier alpha value is -7.27. The number of aliphatic hydroxyl groups is 6. The van der Waals surface area contributed by atoms with Crippen LogP contribution in [0.2, 0.25) is 10.6 Å². The van der Waals surface area contributed by atoms with Crippen LogP contribution in [0.1, 0.15) is 131 Å². The van der Waals surface area contributed by atoms with Gasteiger partial charge in [0.15, 0.2) is 51.1 Å². The summed E-state index contributed by atoms with van der Waals surface area (Å²) in [6.07, 6.45) is -1.42. The normalized spacial score (nSPS) is 27.5. The van der Waals surface area contributed by atoms with Crippen LogP contribution in [-0.4, -0.2) is 277 Å². The number of rotatable bonds is 38. The van der Waals surface area contributed by atoms with Crippen molar-refractivity contribution in [2.24, 2.45) is 21.7 Å². The van der Waals surface area contributed by atoms with E-state index < -0.39 is 126 Å². The van der Waals surface area contributed by atoms with Crippen LogP contribution in [-0.2, 0) is 99.1 Å². The summed E-state index contributed by atoms with van der Waals surface area (Å²) in [5.41, 5.74) is 12.2. The molecule has 0 saturated carbocycles. The van der Waals surface area contributed by atoms with Gasteiger partial charge in [-0.2, -0.15) is 19.9 Å². The monoisotopic (exact) mass is 1930 g/mol. The Labute approximate surface area is 754 Å². The lowest BCUT2D eigenvalue weighted by molar-refractivity contribution is -0.117. The number of hydrogen-bond acceptors (Lipinski definition) is 39. The smallest absolute Gasteiger partial charge is 0.327 e. The summed E-state index contributed by atoms with van der Waals surface area (Å²) in [5, 5.41) is 69.5. The second-order valence-electron chi connectivity index (χ2n) is 32.2. The van der Waals surface area contributed by atoms with Crippen molar-refractivity contribution in [1.82, 2.24) is 73.1 Å².